The summed E-state index contributed by atoms with van der Waals surface area (Å²) >= 11 is 0. The fourth-order valence-electron chi connectivity index (χ4n) is 2.41. The Bertz CT molecular complexity index is 668. The van der Waals surface area contributed by atoms with E-state index in [1.54, 1.807) is 0 Å². The van der Waals surface area contributed by atoms with Crippen molar-refractivity contribution in [2.24, 2.45) is 0 Å². The van der Waals surface area contributed by atoms with Gasteiger partial charge >= 0.3 is 5.97 Å². The summed E-state index contributed by atoms with van der Waals surface area (Å²) in [5.74, 6) is 0.600. The predicted octanol–water partition coefficient (Wildman–Crippen LogP) is 3.04. The van der Waals surface area contributed by atoms with E-state index in [-0.39, 0.29) is 11.4 Å². The molecule has 114 valence electrons. The molecule has 0 bridgehead atoms. The van der Waals surface area contributed by atoms with E-state index in [0.29, 0.717) is 12.3 Å². The number of imidazole rings is 1. The van der Waals surface area contributed by atoms with Crippen LogP contribution in [0, 0.1) is 0 Å². The van der Waals surface area contributed by atoms with Crippen molar-refractivity contribution in [2.45, 2.75) is 46.1 Å². The summed E-state index contributed by atoms with van der Waals surface area (Å²) in [6.45, 7) is 10.2. The number of hydrogen-bond acceptors (Lipinski definition) is 4. The number of ether oxygens (including phenoxy) is 1. The minimum Gasteiger partial charge on any atom is -0.464 e. The average Bonchev–Trinajstić information content (AvgIpc) is 2.76. The van der Waals surface area contributed by atoms with Crippen molar-refractivity contribution in [1.82, 2.24) is 9.55 Å². The van der Waals surface area contributed by atoms with Crippen LogP contribution in [-0.4, -0.2) is 22.1 Å². The van der Waals surface area contributed by atoms with Gasteiger partial charge in [-0.05, 0) is 32.0 Å². The normalized spacial score (nSPS) is 13.4. The van der Waals surface area contributed by atoms with Gasteiger partial charge in [0.2, 0.25) is 0 Å². The Balaban J connectivity index is 2.66. The molecule has 2 N–H and O–H groups in total. The Kier molecular flexibility index (Phi) is 3.94. The van der Waals surface area contributed by atoms with Crippen LogP contribution in [-0.2, 0) is 14.9 Å². The quantitative estimate of drug-likeness (QED) is 0.696. The van der Waals surface area contributed by atoms with Crippen LogP contribution in [0.3, 0.4) is 0 Å². The monoisotopic (exact) mass is 289 g/mol. The molecule has 0 radical (unpaired) electrons. The number of nitrogens with two attached hydrogens (primary N) is 1. The summed E-state index contributed by atoms with van der Waals surface area (Å²) in [5, 5.41) is 0. The fourth-order valence-corrected chi connectivity index (χ4v) is 2.41. The predicted molar refractivity (Wildman–Crippen MR) is 84.2 cm³/mol. The Labute approximate surface area is 125 Å². The van der Waals surface area contributed by atoms with Crippen LogP contribution >= 0.6 is 0 Å². The van der Waals surface area contributed by atoms with Crippen LogP contribution < -0.4 is 5.73 Å². The molecule has 1 atom stereocenters. The molecule has 2 rings (SSSR count). The number of benzene rings is 1. The molecule has 5 nitrogen and oxygen atoms in total. The standard InChI is InChI=1S/C16H23N3O2/c1-6-21-14(20)10(2)19-13-8-7-11(17)9-12(13)18-15(19)16(3,4)5/h7-10H,6,17H2,1-5H3. The number of anilines is 1. The fraction of sp³-hybridized carbons (Fsp3) is 0.500. The molecule has 2 aromatic rings. The van der Waals surface area contributed by atoms with Gasteiger partial charge in [0.15, 0.2) is 0 Å². The van der Waals surface area contributed by atoms with E-state index in [4.69, 9.17) is 10.5 Å². The molecule has 0 spiro atoms. The third-order valence-electron chi connectivity index (χ3n) is 3.40. The Morgan fingerprint density at radius 3 is 2.67 bits per heavy atom. The number of hydrogen-bond donors (Lipinski definition) is 1. The Hall–Kier alpha value is -2.04. The first-order valence-electron chi connectivity index (χ1n) is 7.20. The largest absolute Gasteiger partial charge is 0.464 e. The SMILES string of the molecule is CCOC(=O)C(C)n1c(C(C)(C)C)nc2cc(N)ccc21. The van der Waals surface area contributed by atoms with Gasteiger partial charge in [0, 0.05) is 11.1 Å². The zero-order valence-electron chi connectivity index (χ0n) is 13.3. The number of rotatable bonds is 3. The van der Waals surface area contributed by atoms with Gasteiger partial charge in [-0.15, -0.1) is 0 Å². The Morgan fingerprint density at radius 2 is 2.10 bits per heavy atom. The molecule has 5 heteroatoms. The molecule has 0 saturated heterocycles. The van der Waals surface area contributed by atoms with E-state index in [9.17, 15) is 4.79 Å². The number of esters is 1. The summed E-state index contributed by atoms with van der Waals surface area (Å²) in [7, 11) is 0. The van der Waals surface area contributed by atoms with E-state index >= 15 is 0 Å². The lowest BCUT2D eigenvalue weighted by molar-refractivity contribution is -0.146. The molecule has 0 aliphatic heterocycles. The molecule has 1 aromatic heterocycles. The minimum absolute atomic E-state index is 0.186. The van der Waals surface area contributed by atoms with Crippen molar-refractivity contribution in [3.63, 3.8) is 0 Å². The van der Waals surface area contributed by atoms with Crippen molar-refractivity contribution in [3.8, 4) is 0 Å². The van der Waals surface area contributed by atoms with Crippen molar-refractivity contribution in [1.29, 1.82) is 0 Å². The highest BCUT2D eigenvalue weighted by Crippen LogP contribution is 2.30. The van der Waals surface area contributed by atoms with Crippen LogP contribution in [0.4, 0.5) is 5.69 Å². The van der Waals surface area contributed by atoms with Crippen LogP contribution in [0.5, 0.6) is 0 Å². The van der Waals surface area contributed by atoms with Crippen molar-refractivity contribution in [2.75, 3.05) is 12.3 Å². The van der Waals surface area contributed by atoms with Crippen LogP contribution in [0.25, 0.3) is 11.0 Å². The minimum atomic E-state index is -0.423. The van der Waals surface area contributed by atoms with Gasteiger partial charge in [0.05, 0.1) is 17.6 Å². The third kappa shape index (κ3) is 2.86. The van der Waals surface area contributed by atoms with Gasteiger partial charge in [0.1, 0.15) is 11.9 Å². The smallest absolute Gasteiger partial charge is 0.328 e. The first kappa shape index (κ1) is 15.4. The van der Waals surface area contributed by atoms with E-state index in [1.165, 1.54) is 0 Å². The number of carbonyl (C=O) groups is 1. The topological polar surface area (TPSA) is 70.1 Å². The van der Waals surface area contributed by atoms with E-state index < -0.39 is 6.04 Å². The molecular formula is C16H23N3O2. The molecule has 0 amide bonds. The first-order chi connectivity index (χ1) is 9.75. The zero-order valence-corrected chi connectivity index (χ0v) is 13.3. The van der Waals surface area contributed by atoms with Crippen LogP contribution in [0.15, 0.2) is 18.2 Å². The molecule has 1 aromatic carbocycles. The highest BCUT2D eigenvalue weighted by molar-refractivity contribution is 5.83. The highest BCUT2D eigenvalue weighted by atomic mass is 16.5. The molecule has 21 heavy (non-hydrogen) atoms. The summed E-state index contributed by atoms with van der Waals surface area (Å²) in [6.07, 6.45) is 0. The van der Waals surface area contributed by atoms with E-state index in [0.717, 1.165) is 16.9 Å². The average molecular weight is 289 g/mol. The molecule has 0 aliphatic carbocycles. The molecule has 1 heterocycles. The lowest BCUT2D eigenvalue weighted by atomic mass is 9.95. The van der Waals surface area contributed by atoms with Gasteiger partial charge in [-0.2, -0.15) is 0 Å². The van der Waals surface area contributed by atoms with Gasteiger partial charge in [0.25, 0.3) is 0 Å². The maximum atomic E-state index is 12.1. The maximum Gasteiger partial charge on any atom is 0.328 e. The second-order valence-electron chi connectivity index (χ2n) is 6.23. The molecule has 0 fully saturated rings. The number of fused-ring (bicyclic) bond motifs is 1. The molecule has 0 aliphatic rings. The summed E-state index contributed by atoms with van der Waals surface area (Å²) in [5.41, 5.74) is 8.01. The van der Waals surface area contributed by atoms with Gasteiger partial charge < -0.3 is 15.0 Å². The molecule has 0 saturated carbocycles. The lowest BCUT2D eigenvalue weighted by Gasteiger charge is -2.23. The lowest BCUT2D eigenvalue weighted by Crippen LogP contribution is -2.26. The van der Waals surface area contributed by atoms with Crippen molar-refractivity contribution < 1.29 is 9.53 Å². The summed E-state index contributed by atoms with van der Waals surface area (Å²) in [6, 6.07) is 5.14. The van der Waals surface area contributed by atoms with Gasteiger partial charge in [-0.3, -0.25) is 0 Å². The highest BCUT2D eigenvalue weighted by Gasteiger charge is 2.28. The number of aromatic nitrogens is 2. The second kappa shape index (κ2) is 5.39. The summed E-state index contributed by atoms with van der Waals surface area (Å²) < 4.78 is 7.11. The Morgan fingerprint density at radius 1 is 1.43 bits per heavy atom. The van der Waals surface area contributed by atoms with Crippen molar-refractivity contribution >= 4 is 22.7 Å². The van der Waals surface area contributed by atoms with Crippen molar-refractivity contribution in [3.05, 3.63) is 24.0 Å². The van der Waals surface area contributed by atoms with Crippen LogP contribution in [0.1, 0.15) is 46.5 Å². The molecule has 1 unspecified atom stereocenters. The number of nitrogen functional groups attached to an aromatic ring is 1. The van der Waals surface area contributed by atoms with E-state index in [1.807, 2.05) is 36.6 Å². The molecular weight excluding hydrogens is 266 g/mol. The number of carbonyl (C=O) groups excluding carboxylic acids is 1. The third-order valence-corrected chi connectivity index (χ3v) is 3.40. The second-order valence-corrected chi connectivity index (χ2v) is 6.23. The maximum absolute atomic E-state index is 12.1. The van der Waals surface area contributed by atoms with Crippen LogP contribution in [0.2, 0.25) is 0 Å². The number of nitrogens with zero attached hydrogens (tertiary/aromatic N) is 2. The first-order valence-corrected chi connectivity index (χ1v) is 7.20. The zero-order chi connectivity index (χ0) is 15.8. The van der Waals surface area contributed by atoms with E-state index in [2.05, 4.69) is 25.8 Å². The van der Waals surface area contributed by atoms with Gasteiger partial charge in [-0.25, -0.2) is 9.78 Å². The van der Waals surface area contributed by atoms with Gasteiger partial charge in [-0.1, -0.05) is 20.8 Å². The summed E-state index contributed by atoms with van der Waals surface area (Å²) in [4.78, 5) is 16.8.